The van der Waals surface area contributed by atoms with Crippen molar-refractivity contribution in [1.29, 1.82) is 0 Å². The highest BCUT2D eigenvalue weighted by Crippen LogP contribution is 2.32. The lowest BCUT2D eigenvalue weighted by molar-refractivity contribution is 0.289. The maximum Gasteiger partial charge on any atom is 0.232 e. The summed E-state index contributed by atoms with van der Waals surface area (Å²) < 4.78 is 5.56. The first-order valence-corrected chi connectivity index (χ1v) is 6.88. The molecular weight excluding hydrogens is 226 g/mol. The standard InChI is InChI=1S/C14H23N3O/c1-11(2)7-15-8-13-9-17-14(10-16-13)18-6-5-12-3-4-12/h9-12,15H,3-8H2,1-2H3. The summed E-state index contributed by atoms with van der Waals surface area (Å²) in [5.41, 5.74) is 0.963. The van der Waals surface area contributed by atoms with E-state index in [1.54, 1.807) is 12.4 Å². The number of aromatic nitrogens is 2. The van der Waals surface area contributed by atoms with Crippen molar-refractivity contribution in [2.45, 2.75) is 39.7 Å². The summed E-state index contributed by atoms with van der Waals surface area (Å²) in [5.74, 6) is 2.20. The molecule has 1 heterocycles. The lowest BCUT2D eigenvalue weighted by Crippen LogP contribution is -2.19. The third-order valence-electron chi connectivity index (χ3n) is 3.01. The minimum atomic E-state index is 0.642. The zero-order valence-corrected chi connectivity index (χ0v) is 11.4. The van der Waals surface area contributed by atoms with E-state index >= 15 is 0 Å². The van der Waals surface area contributed by atoms with Gasteiger partial charge in [-0.3, -0.25) is 4.98 Å². The van der Waals surface area contributed by atoms with Crippen LogP contribution >= 0.6 is 0 Å². The monoisotopic (exact) mass is 249 g/mol. The van der Waals surface area contributed by atoms with Crippen LogP contribution in [-0.2, 0) is 6.54 Å². The second-order valence-electron chi connectivity index (χ2n) is 5.45. The minimum absolute atomic E-state index is 0.642. The van der Waals surface area contributed by atoms with Crippen molar-refractivity contribution in [3.63, 3.8) is 0 Å². The summed E-state index contributed by atoms with van der Waals surface area (Å²) in [7, 11) is 0. The average molecular weight is 249 g/mol. The first kappa shape index (κ1) is 13.3. The fraction of sp³-hybridized carbons (Fsp3) is 0.714. The molecule has 0 aliphatic heterocycles. The van der Waals surface area contributed by atoms with E-state index in [1.807, 2.05) is 0 Å². The Labute approximate surface area is 109 Å². The van der Waals surface area contributed by atoms with Gasteiger partial charge in [0.2, 0.25) is 5.88 Å². The van der Waals surface area contributed by atoms with Gasteiger partial charge in [0.15, 0.2) is 0 Å². The fourth-order valence-corrected chi connectivity index (χ4v) is 1.73. The molecule has 4 heteroatoms. The van der Waals surface area contributed by atoms with Crippen LogP contribution in [0.25, 0.3) is 0 Å². The van der Waals surface area contributed by atoms with Crippen LogP contribution < -0.4 is 10.1 Å². The lowest BCUT2D eigenvalue weighted by atomic mass is 10.2. The molecule has 0 atom stereocenters. The quantitative estimate of drug-likeness (QED) is 0.768. The molecule has 0 bridgehead atoms. The SMILES string of the molecule is CC(C)CNCc1cnc(OCCC2CC2)cn1. The summed E-state index contributed by atoms with van der Waals surface area (Å²) in [6, 6.07) is 0. The number of ether oxygens (including phenoxy) is 1. The van der Waals surface area contributed by atoms with Crippen LogP contribution in [0.3, 0.4) is 0 Å². The van der Waals surface area contributed by atoms with Crippen LogP contribution in [0.2, 0.25) is 0 Å². The Kier molecular flexibility index (Phi) is 4.93. The molecule has 1 N–H and O–H groups in total. The van der Waals surface area contributed by atoms with E-state index in [9.17, 15) is 0 Å². The van der Waals surface area contributed by atoms with Crippen LogP contribution in [0, 0.1) is 11.8 Å². The number of hydrogen-bond acceptors (Lipinski definition) is 4. The van der Waals surface area contributed by atoms with Crippen molar-refractivity contribution >= 4 is 0 Å². The molecule has 1 aliphatic carbocycles. The van der Waals surface area contributed by atoms with Gasteiger partial charge >= 0.3 is 0 Å². The van der Waals surface area contributed by atoms with E-state index in [0.717, 1.165) is 37.7 Å². The number of hydrogen-bond donors (Lipinski definition) is 1. The molecule has 0 aromatic carbocycles. The van der Waals surface area contributed by atoms with E-state index in [-0.39, 0.29) is 0 Å². The zero-order valence-electron chi connectivity index (χ0n) is 11.4. The number of nitrogens with zero attached hydrogens (tertiary/aromatic N) is 2. The molecule has 1 aliphatic rings. The molecule has 18 heavy (non-hydrogen) atoms. The molecule has 100 valence electrons. The first-order chi connectivity index (χ1) is 8.74. The molecule has 1 aromatic heterocycles. The largest absolute Gasteiger partial charge is 0.477 e. The van der Waals surface area contributed by atoms with Gasteiger partial charge in [0, 0.05) is 6.54 Å². The van der Waals surface area contributed by atoms with E-state index < -0.39 is 0 Å². The predicted molar refractivity (Wildman–Crippen MR) is 71.4 cm³/mol. The summed E-state index contributed by atoms with van der Waals surface area (Å²) in [5, 5.41) is 3.34. The second kappa shape index (κ2) is 6.69. The van der Waals surface area contributed by atoms with Gasteiger partial charge in [0.25, 0.3) is 0 Å². The highest BCUT2D eigenvalue weighted by atomic mass is 16.5. The van der Waals surface area contributed by atoms with Gasteiger partial charge in [-0.2, -0.15) is 0 Å². The van der Waals surface area contributed by atoms with Crippen LogP contribution in [0.4, 0.5) is 0 Å². The maximum atomic E-state index is 5.56. The molecule has 0 saturated heterocycles. The predicted octanol–water partition coefficient (Wildman–Crippen LogP) is 2.40. The second-order valence-corrected chi connectivity index (χ2v) is 5.45. The fourth-order valence-electron chi connectivity index (χ4n) is 1.73. The molecule has 0 radical (unpaired) electrons. The Morgan fingerprint density at radius 2 is 2.17 bits per heavy atom. The third-order valence-corrected chi connectivity index (χ3v) is 3.01. The average Bonchev–Trinajstić information content (AvgIpc) is 3.15. The number of rotatable bonds is 8. The van der Waals surface area contributed by atoms with Gasteiger partial charge in [0.05, 0.1) is 24.7 Å². The Bertz CT molecular complexity index is 320. The van der Waals surface area contributed by atoms with Crippen molar-refractivity contribution in [3.8, 4) is 5.88 Å². The highest BCUT2D eigenvalue weighted by molar-refractivity contribution is 5.07. The van der Waals surface area contributed by atoms with Crippen LogP contribution in [0.15, 0.2) is 12.4 Å². The molecule has 0 spiro atoms. The molecule has 0 unspecified atom stereocenters. The van der Waals surface area contributed by atoms with E-state index in [4.69, 9.17) is 4.74 Å². The Morgan fingerprint density at radius 3 is 2.78 bits per heavy atom. The van der Waals surface area contributed by atoms with E-state index in [0.29, 0.717) is 11.8 Å². The summed E-state index contributed by atoms with van der Waals surface area (Å²) in [6.45, 7) is 6.92. The Hall–Kier alpha value is -1.16. The van der Waals surface area contributed by atoms with Crippen molar-refractivity contribution in [2.75, 3.05) is 13.2 Å². The van der Waals surface area contributed by atoms with E-state index in [1.165, 1.54) is 12.8 Å². The summed E-state index contributed by atoms with van der Waals surface area (Å²) >= 11 is 0. The third kappa shape index (κ3) is 5.00. The lowest BCUT2D eigenvalue weighted by Gasteiger charge is -2.07. The normalized spacial score (nSPS) is 15.1. The van der Waals surface area contributed by atoms with Crippen LogP contribution in [-0.4, -0.2) is 23.1 Å². The van der Waals surface area contributed by atoms with Gasteiger partial charge in [-0.25, -0.2) is 4.98 Å². The summed E-state index contributed by atoms with van der Waals surface area (Å²) in [4.78, 5) is 8.61. The van der Waals surface area contributed by atoms with Crippen LogP contribution in [0.5, 0.6) is 5.88 Å². The van der Waals surface area contributed by atoms with Crippen molar-refractivity contribution in [3.05, 3.63) is 18.1 Å². The first-order valence-electron chi connectivity index (χ1n) is 6.88. The van der Waals surface area contributed by atoms with Gasteiger partial charge in [-0.1, -0.05) is 26.7 Å². The molecule has 2 rings (SSSR count). The van der Waals surface area contributed by atoms with Gasteiger partial charge < -0.3 is 10.1 Å². The van der Waals surface area contributed by atoms with Crippen molar-refractivity contribution < 1.29 is 4.74 Å². The van der Waals surface area contributed by atoms with Gasteiger partial charge in [-0.05, 0) is 24.8 Å². The van der Waals surface area contributed by atoms with Crippen LogP contribution in [0.1, 0.15) is 38.8 Å². The Balaban J connectivity index is 1.67. The molecule has 1 fully saturated rings. The van der Waals surface area contributed by atoms with Crippen molar-refractivity contribution in [2.24, 2.45) is 11.8 Å². The Morgan fingerprint density at radius 1 is 1.33 bits per heavy atom. The van der Waals surface area contributed by atoms with Gasteiger partial charge in [0.1, 0.15) is 0 Å². The molecular formula is C14H23N3O. The molecule has 1 aromatic rings. The minimum Gasteiger partial charge on any atom is -0.477 e. The number of nitrogens with one attached hydrogen (secondary N) is 1. The highest BCUT2D eigenvalue weighted by Gasteiger charge is 2.20. The van der Waals surface area contributed by atoms with E-state index in [2.05, 4.69) is 29.1 Å². The smallest absolute Gasteiger partial charge is 0.232 e. The maximum absolute atomic E-state index is 5.56. The molecule has 0 amide bonds. The molecule has 1 saturated carbocycles. The zero-order chi connectivity index (χ0) is 12.8. The van der Waals surface area contributed by atoms with Gasteiger partial charge in [-0.15, -0.1) is 0 Å². The summed E-state index contributed by atoms with van der Waals surface area (Å²) in [6.07, 6.45) is 7.41. The molecule has 4 nitrogen and oxygen atoms in total. The van der Waals surface area contributed by atoms with Crippen molar-refractivity contribution in [1.82, 2.24) is 15.3 Å². The topological polar surface area (TPSA) is 47.0 Å².